The molecule has 4 amide bonds. The van der Waals surface area contributed by atoms with E-state index < -0.39 is 40.8 Å². The van der Waals surface area contributed by atoms with Crippen LogP contribution in [-0.4, -0.2) is 45.7 Å². The molecule has 0 saturated carbocycles. The van der Waals surface area contributed by atoms with Crippen LogP contribution in [0.2, 0.25) is 0 Å². The van der Waals surface area contributed by atoms with E-state index in [1.165, 1.54) is 18.2 Å². The maximum Gasteiger partial charge on any atom is 0.344 e. The number of rotatable bonds is 5. The van der Waals surface area contributed by atoms with Gasteiger partial charge in [-0.05, 0) is 18.6 Å². The third kappa shape index (κ3) is 2.42. The van der Waals surface area contributed by atoms with E-state index in [1.807, 2.05) is 0 Å². The number of amides is 4. The van der Waals surface area contributed by atoms with Gasteiger partial charge in [-0.2, -0.15) is 0 Å². The smallest absolute Gasteiger partial charge is 0.344 e. The third-order valence-corrected chi connectivity index (χ3v) is 4.32. The van der Waals surface area contributed by atoms with E-state index >= 15 is 0 Å². The molecule has 1 aromatic rings. The number of piperidine rings is 1. The maximum absolute atomic E-state index is 12.9. The molecule has 3 rings (SSSR count). The SMILES string of the molecule is C=C[C@@]1(N2C(=O)c3cccc(OC[N+](=O)[O-])c3C2=O)CCC(=O)NC1=O. The van der Waals surface area contributed by atoms with Crippen LogP contribution in [0, 0.1) is 10.1 Å². The summed E-state index contributed by atoms with van der Waals surface area (Å²) in [4.78, 5) is 60.1. The van der Waals surface area contributed by atoms with E-state index in [4.69, 9.17) is 4.74 Å². The number of imide groups is 2. The van der Waals surface area contributed by atoms with Crippen molar-refractivity contribution >= 4 is 23.6 Å². The standard InChI is InChI=1S/C16H13N3O7/c1-2-16(7-6-11(20)17-15(16)23)19-13(21)9-4-3-5-10(12(9)14(19)22)26-8-18(24)25/h2-5H,1,6-8H2,(H,17,20,23)/t16-/m1/s1. The zero-order chi connectivity index (χ0) is 19.1. The highest BCUT2D eigenvalue weighted by Crippen LogP contribution is 2.38. The van der Waals surface area contributed by atoms with Crippen molar-refractivity contribution in [1.82, 2.24) is 10.2 Å². The van der Waals surface area contributed by atoms with Gasteiger partial charge in [-0.25, -0.2) is 0 Å². The summed E-state index contributed by atoms with van der Waals surface area (Å²) >= 11 is 0. The summed E-state index contributed by atoms with van der Waals surface area (Å²) in [6.07, 6.45) is 0.974. The van der Waals surface area contributed by atoms with Gasteiger partial charge >= 0.3 is 6.73 Å². The van der Waals surface area contributed by atoms with Gasteiger partial charge in [-0.3, -0.25) is 39.5 Å². The van der Waals surface area contributed by atoms with Gasteiger partial charge in [-0.15, -0.1) is 6.58 Å². The molecule has 2 heterocycles. The number of nitro groups is 1. The monoisotopic (exact) mass is 359 g/mol. The molecule has 0 unspecified atom stereocenters. The van der Waals surface area contributed by atoms with Crippen molar-refractivity contribution in [2.45, 2.75) is 18.4 Å². The van der Waals surface area contributed by atoms with Crippen molar-refractivity contribution in [3.05, 3.63) is 52.1 Å². The largest absolute Gasteiger partial charge is 0.431 e. The molecule has 0 aliphatic carbocycles. The molecule has 1 aromatic carbocycles. The van der Waals surface area contributed by atoms with Crippen LogP contribution < -0.4 is 10.1 Å². The lowest BCUT2D eigenvalue weighted by molar-refractivity contribution is -0.514. The predicted octanol–water partition coefficient (Wildman–Crippen LogP) is 0.257. The second kappa shape index (κ2) is 6.06. The zero-order valence-corrected chi connectivity index (χ0v) is 13.4. The minimum absolute atomic E-state index is 0.0400. The number of hydrogen-bond acceptors (Lipinski definition) is 7. The Bertz CT molecular complexity index is 879. The molecule has 10 heteroatoms. The molecule has 1 atom stereocenters. The van der Waals surface area contributed by atoms with Crippen LogP contribution in [0.1, 0.15) is 33.6 Å². The van der Waals surface area contributed by atoms with Crippen LogP contribution in [0.3, 0.4) is 0 Å². The van der Waals surface area contributed by atoms with E-state index in [0.717, 1.165) is 11.0 Å². The average molecular weight is 359 g/mol. The first-order chi connectivity index (χ1) is 12.3. The number of ether oxygens (including phenoxy) is 1. The highest BCUT2D eigenvalue weighted by Gasteiger charge is 2.54. The van der Waals surface area contributed by atoms with E-state index in [2.05, 4.69) is 11.9 Å². The van der Waals surface area contributed by atoms with Gasteiger partial charge in [0.15, 0.2) is 0 Å². The number of benzene rings is 1. The van der Waals surface area contributed by atoms with Crippen LogP contribution in [0.4, 0.5) is 0 Å². The zero-order valence-electron chi connectivity index (χ0n) is 13.4. The Morgan fingerprint density at radius 1 is 1.31 bits per heavy atom. The summed E-state index contributed by atoms with van der Waals surface area (Å²) in [6.45, 7) is 2.66. The fourth-order valence-electron chi connectivity index (χ4n) is 3.07. The van der Waals surface area contributed by atoms with Crippen molar-refractivity contribution in [1.29, 1.82) is 0 Å². The highest BCUT2D eigenvalue weighted by atomic mass is 16.7. The minimum atomic E-state index is -1.72. The fourth-order valence-corrected chi connectivity index (χ4v) is 3.07. The van der Waals surface area contributed by atoms with Crippen molar-refractivity contribution in [2.24, 2.45) is 0 Å². The van der Waals surface area contributed by atoms with Gasteiger partial charge < -0.3 is 4.74 Å². The second-order valence-electron chi connectivity index (χ2n) is 5.74. The lowest BCUT2D eigenvalue weighted by Gasteiger charge is -2.38. The molecule has 2 aliphatic rings. The van der Waals surface area contributed by atoms with Crippen LogP contribution in [-0.2, 0) is 9.59 Å². The molecule has 0 radical (unpaired) electrons. The maximum atomic E-state index is 12.9. The van der Waals surface area contributed by atoms with Gasteiger partial charge in [0.2, 0.25) is 5.91 Å². The molecular weight excluding hydrogens is 346 g/mol. The number of carbonyl (C=O) groups is 4. The van der Waals surface area contributed by atoms with E-state index in [-0.39, 0.29) is 29.7 Å². The second-order valence-corrected chi connectivity index (χ2v) is 5.74. The summed E-state index contributed by atoms with van der Waals surface area (Å²) in [5, 5.41) is 12.6. The number of nitrogens with zero attached hydrogens (tertiary/aromatic N) is 2. The van der Waals surface area contributed by atoms with Gasteiger partial charge in [0.05, 0.1) is 16.1 Å². The quantitative estimate of drug-likeness (QED) is 0.262. The minimum Gasteiger partial charge on any atom is -0.431 e. The number of hydrogen-bond donors (Lipinski definition) is 1. The van der Waals surface area contributed by atoms with Crippen molar-refractivity contribution in [2.75, 3.05) is 6.73 Å². The number of carbonyl (C=O) groups excluding carboxylic acids is 4. The number of nitrogens with one attached hydrogen (secondary N) is 1. The van der Waals surface area contributed by atoms with E-state index in [9.17, 15) is 29.3 Å². The van der Waals surface area contributed by atoms with Gasteiger partial charge in [0.1, 0.15) is 11.3 Å². The third-order valence-electron chi connectivity index (χ3n) is 4.32. The van der Waals surface area contributed by atoms with Gasteiger partial charge in [0.25, 0.3) is 17.7 Å². The van der Waals surface area contributed by atoms with Crippen LogP contribution >= 0.6 is 0 Å². The lowest BCUT2D eigenvalue weighted by Crippen LogP contribution is -2.63. The Kier molecular flexibility index (Phi) is 4.03. The number of fused-ring (bicyclic) bond motifs is 1. The first-order valence-electron chi connectivity index (χ1n) is 7.56. The van der Waals surface area contributed by atoms with Crippen molar-refractivity contribution < 1.29 is 28.8 Å². The van der Waals surface area contributed by atoms with Gasteiger partial charge in [-0.1, -0.05) is 12.1 Å². The Morgan fingerprint density at radius 3 is 2.65 bits per heavy atom. The summed E-state index contributed by atoms with van der Waals surface area (Å²) in [5.74, 6) is -3.08. The molecular formula is C16H13N3O7. The van der Waals surface area contributed by atoms with Crippen molar-refractivity contribution in [3.63, 3.8) is 0 Å². The van der Waals surface area contributed by atoms with Crippen LogP contribution in [0.5, 0.6) is 5.75 Å². The Balaban J connectivity index is 2.05. The molecule has 134 valence electrons. The molecule has 1 fully saturated rings. The molecule has 1 saturated heterocycles. The molecule has 1 N–H and O–H groups in total. The van der Waals surface area contributed by atoms with E-state index in [1.54, 1.807) is 0 Å². The molecule has 26 heavy (non-hydrogen) atoms. The summed E-state index contributed by atoms with van der Waals surface area (Å²) in [5.41, 5.74) is -1.92. The van der Waals surface area contributed by atoms with Crippen LogP contribution in [0.25, 0.3) is 0 Å². The summed E-state index contributed by atoms with van der Waals surface area (Å²) in [6, 6.07) is 4.09. The normalized spacial score (nSPS) is 22.1. The van der Waals surface area contributed by atoms with Crippen LogP contribution in [0.15, 0.2) is 30.9 Å². The summed E-state index contributed by atoms with van der Waals surface area (Å²) in [7, 11) is 0. The first-order valence-corrected chi connectivity index (χ1v) is 7.56. The lowest BCUT2D eigenvalue weighted by atomic mass is 9.87. The predicted molar refractivity (Wildman–Crippen MR) is 84.7 cm³/mol. The Morgan fingerprint density at radius 2 is 2.04 bits per heavy atom. The molecule has 0 aromatic heterocycles. The highest BCUT2D eigenvalue weighted by molar-refractivity contribution is 6.25. The van der Waals surface area contributed by atoms with Gasteiger partial charge in [0, 0.05) is 6.42 Å². The summed E-state index contributed by atoms with van der Waals surface area (Å²) < 4.78 is 5.00. The molecule has 0 spiro atoms. The first kappa shape index (κ1) is 17.3. The fraction of sp³-hybridized carbons (Fsp3) is 0.250. The average Bonchev–Trinajstić information content (AvgIpc) is 2.86. The topological polar surface area (TPSA) is 136 Å². The Labute approximate surface area is 146 Å². The molecule has 2 aliphatic heterocycles. The van der Waals surface area contributed by atoms with E-state index in [0.29, 0.717) is 0 Å². The van der Waals surface area contributed by atoms with Crippen molar-refractivity contribution in [3.8, 4) is 5.75 Å². The molecule has 10 nitrogen and oxygen atoms in total. The Hall–Kier alpha value is -3.56. The molecule has 0 bridgehead atoms.